The van der Waals surface area contributed by atoms with E-state index < -0.39 is 12.1 Å². The van der Waals surface area contributed by atoms with Crippen LogP contribution < -0.4 is 16.4 Å². The third kappa shape index (κ3) is 5.77. The standard InChI is InChI=1S/C30H30N4O3S/c31-17-9-8-16-26(28(35)34-29-32-27(19-38-29)20-10-2-1-3-11-20)33-30(36)37-18-25-23-14-6-4-12-21(23)22-13-5-7-15-24(22)25/h1-7,10-15,19,25-26H,8-9,16-18,31H2,(H,33,36)(H,32,34,35)/t26-/m0/s1. The topological polar surface area (TPSA) is 106 Å². The number of amides is 2. The second-order valence-corrected chi connectivity index (χ2v) is 10.1. The first kappa shape index (κ1) is 25.6. The normalized spacial score (nSPS) is 12.9. The largest absolute Gasteiger partial charge is 0.449 e. The Morgan fingerprint density at radius 1 is 0.921 bits per heavy atom. The molecule has 0 bridgehead atoms. The summed E-state index contributed by atoms with van der Waals surface area (Å²) in [5, 5.41) is 8.00. The molecule has 0 fully saturated rings. The minimum absolute atomic E-state index is 0.0515. The predicted molar refractivity (Wildman–Crippen MR) is 151 cm³/mol. The van der Waals surface area contributed by atoms with Crippen LogP contribution >= 0.6 is 11.3 Å². The van der Waals surface area contributed by atoms with Crippen LogP contribution in [0.15, 0.2) is 84.2 Å². The zero-order chi connectivity index (χ0) is 26.3. The first-order valence-corrected chi connectivity index (χ1v) is 13.7. The minimum Gasteiger partial charge on any atom is -0.449 e. The molecule has 3 aromatic carbocycles. The lowest BCUT2D eigenvalue weighted by Crippen LogP contribution is -2.44. The third-order valence-electron chi connectivity index (χ3n) is 6.70. The van der Waals surface area contributed by atoms with E-state index in [2.05, 4.69) is 39.9 Å². The van der Waals surface area contributed by atoms with Crippen molar-refractivity contribution in [2.24, 2.45) is 5.73 Å². The van der Waals surface area contributed by atoms with Crippen molar-refractivity contribution in [2.75, 3.05) is 18.5 Å². The molecule has 1 aliphatic carbocycles. The molecule has 0 saturated heterocycles. The van der Waals surface area contributed by atoms with Gasteiger partial charge in [0.15, 0.2) is 5.13 Å². The van der Waals surface area contributed by atoms with Crippen LogP contribution in [0.3, 0.4) is 0 Å². The van der Waals surface area contributed by atoms with E-state index in [4.69, 9.17) is 10.5 Å². The van der Waals surface area contributed by atoms with Crippen LogP contribution in [-0.2, 0) is 9.53 Å². The van der Waals surface area contributed by atoms with Crippen molar-refractivity contribution in [3.8, 4) is 22.4 Å². The van der Waals surface area contributed by atoms with Gasteiger partial charge in [-0.2, -0.15) is 0 Å². The van der Waals surface area contributed by atoms with Crippen LogP contribution in [0.5, 0.6) is 0 Å². The van der Waals surface area contributed by atoms with E-state index in [1.54, 1.807) is 0 Å². The van der Waals surface area contributed by atoms with Crippen molar-refractivity contribution in [2.45, 2.75) is 31.2 Å². The van der Waals surface area contributed by atoms with Crippen molar-refractivity contribution in [1.82, 2.24) is 10.3 Å². The number of unbranched alkanes of at least 4 members (excludes halogenated alkanes) is 1. The molecular formula is C30H30N4O3S. The van der Waals surface area contributed by atoms with E-state index in [9.17, 15) is 9.59 Å². The van der Waals surface area contributed by atoms with Crippen LogP contribution in [0.1, 0.15) is 36.3 Å². The van der Waals surface area contributed by atoms with E-state index in [-0.39, 0.29) is 18.4 Å². The molecule has 1 aliphatic rings. The van der Waals surface area contributed by atoms with Crippen molar-refractivity contribution in [3.05, 3.63) is 95.4 Å². The predicted octanol–water partition coefficient (Wildman–Crippen LogP) is 5.78. The molecule has 0 radical (unpaired) electrons. The Balaban J connectivity index is 1.23. The van der Waals surface area contributed by atoms with Gasteiger partial charge in [0.05, 0.1) is 5.69 Å². The molecule has 1 aromatic heterocycles. The van der Waals surface area contributed by atoms with Gasteiger partial charge in [-0.15, -0.1) is 11.3 Å². The summed E-state index contributed by atoms with van der Waals surface area (Å²) in [6.07, 6.45) is 1.28. The van der Waals surface area contributed by atoms with E-state index in [1.807, 2.05) is 60.0 Å². The monoisotopic (exact) mass is 526 g/mol. The molecule has 8 heteroatoms. The van der Waals surface area contributed by atoms with Crippen molar-refractivity contribution < 1.29 is 14.3 Å². The first-order chi connectivity index (χ1) is 18.6. The number of nitrogens with one attached hydrogen (secondary N) is 2. The number of hydrogen-bond acceptors (Lipinski definition) is 6. The first-order valence-electron chi connectivity index (χ1n) is 12.8. The minimum atomic E-state index is -0.763. The summed E-state index contributed by atoms with van der Waals surface area (Å²) in [7, 11) is 0. The molecule has 4 N–H and O–H groups in total. The number of nitrogens with zero attached hydrogens (tertiary/aromatic N) is 1. The number of thiazole rings is 1. The Morgan fingerprint density at radius 2 is 1.58 bits per heavy atom. The van der Waals surface area contributed by atoms with E-state index in [0.717, 1.165) is 39.9 Å². The number of hydrogen-bond donors (Lipinski definition) is 3. The molecule has 0 saturated carbocycles. The summed E-state index contributed by atoms with van der Waals surface area (Å²) in [5.74, 6) is -0.381. The fourth-order valence-corrected chi connectivity index (χ4v) is 5.53. The molecule has 4 aromatic rings. The molecule has 1 atom stereocenters. The summed E-state index contributed by atoms with van der Waals surface area (Å²) in [6, 6.07) is 25.4. The summed E-state index contributed by atoms with van der Waals surface area (Å²) in [4.78, 5) is 30.5. The van der Waals surface area contributed by atoms with E-state index in [0.29, 0.717) is 24.5 Å². The maximum absolute atomic E-state index is 13.1. The maximum atomic E-state index is 13.1. The van der Waals surface area contributed by atoms with Gasteiger partial charge < -0.3 is 21.1 Å². The zero-order valence-corrected chi connectivity index (χ0v) is 21.7. The number of nitrogens with two attached hydrogens (primary N) is 1. The smallest absolute Gasteiger partial charge is 0.407 e. The number of aromatic nitrogens is 1. The number of carbonyl (C=O) groups is 2. The Bertz CT molecular complexity index is 1360. The summed E-state index contributed by atoms with van der Waals surface area (Å²) >= 11 is 1.34. The lowest BCUT2D eigenvalue weighted by Gasteiger charge is -2.19. The number of benzene rings is 3. The average Bonchev–Trinajstić information content (AvgIpc) is 3.54. The SMILES string of the molecule is NCCCC[C@H](NC(=O)OCC1c2ccccc2-c2ccccc21)C(=O)Nc1nc(-c2ccccc2)cs1. The second kappa shape index (κ2) is 12.0. The van der Waals surface area contributed by atoms with Gasteiger partial charge in [0.25, 0.3) is 0 Å². The Labute approximate surface area is 226 Å². The Hall–Kier alpha value is -4.01. The van der Waals surface area contributed by atoms with Gasteiger partial charge in [-0.25, -0.2) is 9.78 Å². The molecular weight excluding hydrogens is 496 g/mol. The van der Waals surface area contributed by atoms with Gasteiger partial charge in [-0.05, 0) is 48.1 Å². The highest BCUT2D eigenvalue weighted by atomic mass is 32.1. The maximum Gasteiger partial charge on any atom is 0.407 e. The van der Waals surface area contributed by atoms with Crippen LogP contribution in [0.2, 0.25) is 0 Å². The summed E-state index contributed by atoms with van der Waals surface area (Å²) in [5.41, 5.74) is 12.0. The molecule has 194 valence electrons. The lowest BCUT2D eigenvalue weighted by molar-refractivity contribution is -0.118. The fraction of sp³-hybridized carbons (Fsp3) is 0.233. The molecule has 38 heavy (non-hydrogen) atoms. The van der Waals surface area contributed by atoms with Crippen LogP contribution in [0.25, 0.3) is 22.4 Å². The van der Waals surface area contributed by atoms with Crippen molar-refractivity contribution >= 4 is 28.5 Å². The third-order valence-corrected chi connectivity index (χ3v) is 7.46. The van der Waals surface area contributed by atoms with Crippen LogP contribution in [-0.4, -0.2) is 36.2 Å². The quantitative estimate of drug-likeness (QED) is 0.227. The number of carbonyl (C=O) groups excluding carboxylic acids is 2. The highest BCUT2D eigenvalue weighted by Crippen LogP contribution is 2.44. The number of alkyl carbamates (subject to hydrolysis) is 1. The van der Waals surface area contributed by atoms with Crippen molar-refractivity contribution in [3.63, 3.8) is 0 Å². The summed E-state index contributed by atoms with van der Waals surface area (Å²) < 4.78 is 5.67. The van der Waals surface area contributed by atoms with Gasteiger partial charge in [0, 0.05) is 16.9 Å². The lowest BCUT2D eigenvalue weighted by atomic mass is 9.98. The molecule has 2 amide bonds. The van der Waals surface area contributed by atoms with Gasteiger partial charge in [0.1, 0.15) is 12.6 Å². The highest BCUT2D eigenvalue weighted by Gasteiger charge is 2.30. The number of rotatable bonds is 10. The molecule has 0 spiro atoms. The fourth-order valence-electron chi connectivity index (χ4n) is 4.81. The van der Waals surface area contributed by atoms with E-state index >= 15 is 0 Å². The van der Waals surface area contributed by atoms with Crippen LogP contribution in [0.4, 0.5) is 9.93 Å². The van der Waals surface area contributed by atoms with Crippen LogP contribution in [0, 0.1) is 0 Å². The zero-order valence-electron chi connectivity index (χ0n) is 20.9. The van der Waals surface area contributed by atoms with Gasteiger partial charge in [0.2, 0.25) is 5.91 Å². The average molecular weight is 527 g/mol. The van der Waals surface area contributed by atoms with Crippen molar-refractivity contribution in [1.29, 1.82) is 0 Å². The molecule has 7 nitrogen and oxygen atoms in total. The van der Waals surface area contributed by atoms with E-state index in [1.165, 1.54) is 11.3 Å². The summed E-state index contributed by atoms with van der Waals surface area (Å²) in [6.45, 7) is 0.704. The Kier molecular flexibility index (Phi) is 8.11. The highest BCUT2D eigenvalue weighted by molar-refractivity contribution is 7.14. The number of anilines is 1. The second-order valence-electron chi connectivity index (χ2n) is 9.20. The molecule has 0 aliphatic heterocycles. The van der Waals surface area contributed by atoms with Gasteiger partial charge in [-0.3, -0.25) is 4.79 Å². The van der Waals surface area contributed by atoms with Gasteiger partial charge in [-0.1, -0.05) is 78.9 Å². The number of fused-ring (bicyclic) bond motifs is 3. The number of ether oxygens (including phenoxy) is 1. The molecule has 1 heterocycles. The Morgan fingerprint density at radius 3 is 2.26 bits per heavy atom. The van der Waals surface area contributed by atoms with Gasteiger partial charge >= 0.3 is 6.09 Å². The molecule has 5 rings (SSSR count). The molecule has 0 unspecified atom stereocenters.